The minimum Gasteiger partial charge on any atom is -0.323 e. The lowest BCUT2D eigenvalue weighted by Gasteiger charge is -2.31. The maximum Gasteiger partial charge on any atom is 0.238 e. The highest BCUT2D eigenvalue weighted by Gasteiger charge is 2.33. The van der Waals surface area contributed by atoms with E-state index in [1.165, 1.54) is 0 Å². The van der Waals surface area contributed by atoms with Crippen molar-refractivity contribution in [1.82, 2.24) is 10.2 Å². The molecule has 1 saturated heterocycles. The molecule has 0 aromatic rings. The lowest BCUT2D eigenvalue weighted by Crippen LogP contribution is -2.43. The zero-order chi connectivity index (χ0) is 11.4. The molecule has 0 spiro atoms. The number of nitrogens with one attached hydrogen (secondary N) is 1. The Morgan fingerprint density at radius 2 is 2.13 bits per heavy atom. The van der Waals surface area contributed by atoms with Crippen LogP contribution in [0.3, 0.4) is 0 Å². The minimum absolute atomic E-state index is 0.263. The van der Waals surface area contributed by atoms with Gasteiger partial charge in [0.05, 0.1) is 12.7 Å². The Morgan fingerprint density at radius 3 is 2.67 bits per heavy atom. The van der Waals surface area contributed by atoms with Crippen LogP contribution in [-0.4, -0.2) is 29.6 Å². The number of hydrogen-bond donors (Lipinski definition) is 1. The van der Waals surface area contributed by atoms with E-state index < -0.39 is 0 Å². The van der Waals surface area contributed by atoms with Gasteiger partial charge in [-0.2, -0.15) is 0 Å². The average Bonchev–Trinajstić information content (AvgIpc) is 2.46. The van der Waals surface area contributed by atoms with Crippen molar-refractivity contribution < 1.29 is 4.79 Å². The Kier molecular flexibility index (Phi) is 4.58. The molecule has 0 aliphatic carbocycles. The molecule has 1 heterocycles. The third-order valence-corrected chi connectivity index (χ3v) is 2.99. The summed E-state index contributed by atoms with van der Waals surface area (Å²) in [5.41, 5.74) is 0. The Bertz CT molecular complexity index is 216. The summed E-state index contributed by atoms with van der Waals surface area (Å²) in [4.78, 5) is 13.8. The van der Waals surface area contributed by atoms with Crippen LogP contribution < -0.4 is 5.32 Å². The first kappa shape index (κ1) is 12.5. The van der Waals surface area contributed by atoms with E-state index in [1.807, 2.05) is 4.90 Å². The maximum atomic E-state index is 11.7. The van der Waals surface area contributed by atoms with Crippen LogP contribution in [0.1, 0.15) is 47.0 Å². The lowest BCUT2D eigenvalue weighted by atomic mass is 10.1. The van der Waals surface area contributed by atoms with Crippen LogP contribution in [0.2, 0.25) is 0 Å². The summed E-state index contributed by atoms with van der Waals surface area (Å²) < 4.78 is 0. The van der Waals surface area contributed by atoms with Crippen molar-refractivity contribution in [3.05, 3.63) is 0 Å². The van der Waals surface area contributed by atoms with Gasteiger partial charge in [0.1, 0.15) is 0 Å². The van der Waals surface area contributed by atoms with Crippen LogP contribution in [0.4, 0.5) is 0 Å². The first-order chi connectivity index (χ1) is 7.06. The van der Waals surface area contributed by atoms with E-state index in [0.29, 0.717) is 18.5 Å². The molecule has 88 valence electrons. The molecule has 3 nitrogen and oxygen atoms in total. The molecule has 1 aliphatic heterocycles. The van der Waals surface area contributed by atoms with E-state index in [-0.39, 0.29) is 12.1 Å². The van der Waals surface area contributed by atoms with E-state index in [0.717, 1.165) is 19.3 Å². The highest BCUT2D eigenvalue weighted by atomic mass is 16.2. The quantitative estimate of drug-likeness (QED) is 0.755. The third kappa shape index (κ3) is 3.20. The molecule has 1 fully saturated rings. The fourth-order valence-corrected chi connectivity index (χ4v) is 2.32. The van der Waals surface area contributed by atoms with Gasteiger partial charge in [-0.05, 0) is 25.7 Å². The van der Waals surface area contributed by atoms with Crippen LogP contribution in [-0.2, 0) is 4.79 Å². The van der Waals surface area contributed by atoms with Gasteiger partial charge >= 0.3 is 0 Å². The Hall–Kier alpha value is -0.570. The van der Waals surface area contributed by atoms with Crippen molar-refractivity contribution in [2.45, 2.75) is 59.2 Å². The fraction of sp³-hybridized carbons (Fsp3) is 0.917. The Morgan fingerprint density at radius 1 is 1.47 bits per heavy atom. The minimum atomic E-state index is 0.263. The number of amides is 1. The number of nitrogens with zero attached hydrogens (tertiary/aromatic N) is 1. The molecule has 3 heteroatoms. The maximum absolute atomic E-state index is 11.7. The third-order valence-electron chi connectivity index (χ3n) is 2.99. The average molecular weight is 212 g/mol. The molecule has 2 unspecified atom stereocenters. The van der Waals surface area contributed by atoms with Crippen molar-refractivity contribution in [1.29, 1.82) is 0 Å². The smallest absolute Gasteiger partial charge is 0.238 e. The molecule has 0 bridgehead atoms. The molecule has 1 amide bonds. The first-order valence-electron chi connectivity index (χ1n) is 6.10. The van der Waals surface area contributed by atoms with Gasteiger partial charge < -0.3 is 4.90 Å². The first-order valence-corrected chi connectivity index (χ1v) is 6.10. The summed E-state index contributed by atoms with van der Waals surface area (Å²) >= 11 is 0. The standard InChI is InChI=1S/C12H24N2O/c1-5-6-10(4)14-11(7-9(2)3)13-8-12(14)15/h9-11,13H,5-8H2,1-4H3. The van der Waals surface area contributed by atoms with Crippen molar-refractivity contribution >= 4 is 5.91 Å². The van der Waals surface area contributed by atoms with Crippen molar-refractivity contribution in [2.75, 3.05) is 6.54 Å². The second-order valence-corrected chi connectivity index (χ2v) is 4.96. The van der Waals surface area contributed by atoms with Gasteiger partial charge in [0.2, 0.25) is 5.91 Å². The predicted octanol–water partition coefficient (Wildman–Crippen LogP) is 1.98. The van der Waals surface area contributed by atoms with E-state index in [4.69, 9.17) is 0 Å². The second-order valence-electron chi connectivity index (χ2n) is 4.96. The molecule has 15 heavy (non-hydrogen) atoms. The normalized spacial score (nSPS) is 23.9. The molecule has 0 aromatic carbocycles. The second kappa shape index (κ2) is 5.50. The zero-order valence-electron chi connectivity index (χ0n) is 10.4. The number of carbonyl (C=O) groups excluding carboxylic acids is 1. The number of rotatable bonds is 5. The fourth-order valence-electron chi connectivity index (χ4n) is 2.32. The highest BCUT2D eigenvalue weighted by Crippen LogP contribution is 2.19. The van der Waals surface area contributed by atoms with Crippen molar-refractivity contribution in [3.8, 4) is 0 Å². The Labute approximate surface area is 93.2 Å². The SMILES string of the molecule is CCCC(C)N1C(=O)CNC1CC(C)C. The van der Waals surface area contributed by atoms with E-state index in [9.17, 15) is 4.79 Å². The van der Waals surface area contributed by atoms with Crippen LogP contribution >= 0.6 is 0 Å². The summed E-state index contributed by atoms with van der Waals surface area (Å²) in [6.07, 6.45) is 3.56. The molecule has 1 rings (SSSR count). The van der Waals surface area contributed by atoms with Crippen molar-refractivity contribution in [2.24, 2.45) is 5.92 Å². The topological polar surface area (TPSA) is 32.3 Å². The van der Waals surface area contributed by atoms with Crippen LogP contribution in [0.15, 0.2) is 0 Å². The van der Waals surface area contributed by atoms with Gasteiger partial charge in [-0.25, -0.2) is 0 Å². The molecule has 2 atom stereocenters. The van der Waals surface area contributed by atoms with Gasteiger partial charge in [-0.3, -0.25) is 10.1 Å². The van der Waals surface area contributed by atoms with Gasteiger partial charge in [0.15, 0.2) is 0 Å². The molecular weight excluding hydrogens is 188 g/mol. The van der Waals surface area contributed by atoms with E-state index >= 15 is 0 Å². The van der Waals surface area contributed by atoms with Crippen LogP contribution in [0, 0.1) is 5.92 Å². The van der Waals surface area contributed by atoms with Gasteiger partial charge in [-0.1, -0.05) is 27.2 Å². The van der Waals surface area contributed by atoms with Gasteiger partial charge in [-0.15, -0.1) is 0 Å². The largest absolute Gasteiger partial charge is 0.323 e. The molecular formula is C12H24N2O. The van der Waals surface area contributed by atoms with Crippen molar-refractivity contribution in [3.63, 3.8) is 0 Å². The summed E-state index contributed by atoms with van der Waals surface area (Å²) in [5.74, 6) is 0.895. The molecule has 0 aromatic heterocycles. The van der Waals surface area contributed by atoms with Crippen LogP contribution in [0.5, 0.6) is 0 Å². The van der Waals surface area contributed by atoms with Gasteiger partial charge in [0.25, 0.3) is 0 Å². The molecule has 0 radical (unpaired) electrons. The molecule has 1 aliphatic rings. The van der Waals surface area contributed by atoms with Crippen LogP contribution in [0.25, 0.3) is 0 Å². The van der Waals surface area contributed by atoms with E-state index in [2.05, 4.69) is 33.0 Å². The lowest BCUT2D eigenvalue weighted by molar-refractivity contribution is -0.130. The number of hydrogen-bond acceptors (Lipinski definition) is 2. The van der Waals surface area contributed by atoms with Gasteiger partial charge in [0, 0.05) is 6.04 Å². The summed E-state index contributed by atoms with van der Waals surface area (Å²) in [7, 11) is 0. The summed E-state index contributed by atoms with van der Waals surface area (Å²) in [5, 5.41) is 3.30. The summed E-state index contributed by atoms with van der Waals surface area (Å²) in [6, 6.07) is 0.376. The number of carbonyl (C=O) groups is 1. The molecule has 1 N–H and O–H groups in total. The summed E-state index contributed by atoms with van der Waals surface area (Å²) in [6.45, 7) is 9.25. The molecule has 0 saturated carbocycles. The monoisotopic (exact) mass is 212 g/mol. The highest BCUT2D eigenvalue weighted by molar-refractivity contribution is 5.80. The zero-order valence-corrected chi connectivity index (χ0v) is 10.4. The van der Waals surface area contributed by atoms with E-state index in [1.54, 1.807) is 0 Å². The Balaban J connectivity index is 2.59. The predicted molar refractivity (Wildman–Crippen MR) is 62.5 cm³/mol.